The number of carbonyl (C=O) groups is 1. The second kappa shape index (κ2) is 4.79. The molecular weight excluding hydrogens is 242 g/mol. The number of amides is 1. The van der Waals surface area contributed by atoms with Crippen LogP contribution in [0.1, 0.15) is 10.4 Å². The quantitative estimate of drug-likeness (QED) is 0.635. The lowest BCUT2D eigenvalue weighted by Gasteiger charge is -2.06. The Labute approximate surface area is 101 Å². The van der Waals surface area contributed by atoms with E-state index in [2.05, 4.69) is 10.3 Å². The maximum absolute atomic E-state index is 13.2. The number of anilines is 1. The van der Waals surface area contributed by atoms with E-state index < -0.39 is 23.4 Å². The molecule has 2 aromatic rings. The number of aromatic hydroxyl groups is 1. The summed E-state index contributed by atoms with van der Waals surface area (Å²) in [6.45, 7) is 0. The van der Waals surface area contributed by atoms with Gasteiger partial charge in [0.15, 0.2) is 11.6 Å². The highest BCUT2D eigenvalue weighted by Crippen LogP contribution is 2.20. The minimum atomic E-state index is -0.908. The maximum Gasteiger partial charge on any atom is 0.260 e. The number of phenolic OH excluding ortho intramolecular Hbond substituents is 1. The monoisotopic (exact) mass is 250 g/mol. The highest BCUT2D eigenvalue weighted by Gasteiger charge is 2.12. The summed E-state index contributed by atoms with van der Waals surface area (Å²) in [7, 11) is 0. The normalized spacial score (nSPS) is 10.1. The molecule has 1 heterocycles. The first-order valence-corrected chi connectivity index (χ1v) is 4.98. The number of nitrogens with one attached hydrogen (secondary N) is 1. The zero-order chi connectivity index (χ0) is 13.1. The van der Waals surface area contributed by atoms with E-state index in [9.17, 15) is 13.6 Å². The fourth-order valence-corrected chi connectivity index (χ4v) is 1.34. The Balaban J connectivity index is 2.22. The summed E-state index contributed by atoms with van der Waals surface area (Å²) in [5, 5.41) is 11.3. The van der Waals surface area contributed by atoms with Crippen LogP contribution >= 0.6 is 0 Å². The Kier molecular flexibility index (Phi) is 3.18. The summed E-state index contributed by atoms with van der Waals surface area (Å²) in [5.41, 5.74) is -0.135. The van der Waals surface area contributed by atoms with Crippen molar-refractivity contribution < 1.29 is 18.7 Å². The van der Waals surface area contributed by atoms with E-state index in [1.165, 1.54) is 24.4 Å². The molecule has 4 nitrogen and oxygen atoms in total. The molecule has 1 amide bonds. The third-order valence-electron chi connectivity index (χ3n) is 2.21. The van der Waals surface area contributed by atoms with Crippen LogP contribution in [0.3, 0.4) is 0 Å². The summed E-state index contributed by atoms with van der Waals surface area (Å²) in [4.78, 5) is 15.0. The zero-order valence-electron chi connectivity index (χ0n) is 9.02. The van der Waals surface area contributed by atoms with Crippen molar-refractivity contribution in [3.05, 3.63) is 53.9 Å². The summed E-state index contributed by atoms with van der Waals surface area (Å²) in [6.07, 6.45) is 1.21. The van der Waals surface area contributed by atoms with Gasteiger partial charge in [-0.3, -0.25) is 4.79 Å². The average molecular weight is 250 g/mol. The lowest BCUT2D eigenvalue weighted by molar-refractivity contribution is 0.102. The molecule has 2 rings (SSSR count). The Morgan fingerprint density at radius 3 is 2.72 bits per heavy atom. The molecule has 0 bridgehead atoms. The molecule has 1 aromatic heterocycles. The van der Waals surface area contributed by atoms with E-state index >= 15 is 0 Å². The number of hydrogen-bond donors (Lipinski definition) is 2. The second-order valence-corrected chi connectivity index (χ2v) is 3.46. The highest BCUT2D eigenvalue weighted by atomic mass is 19.1. The summed E-state index contributed by atoms with van der Waals surface area (Å²) < 4.78 is 26.2. The van der Waals surface area contributed by atoms with Gasteiger partial charge >= 0.3 is 0 Å². The van der Waals surface area contributed by atoms with Crippen LogP contribution in [0.5, 0.6) is 5.75 Å². The zero-order valence-corrected chi connectivity index (χ0v) is 9.02. The Morgan fingerprint density at radius 2 is 2.06 bits per heavy atom. The molecule has 1 aromatic carbocycles. The number of hydrogen-bond acceptors (Lipinski definition) is 3. The molecule has 0 fully saturated rings. The SMILES string of the molecule is O=C(Nc1ccc(O)c(F)c1)c1cccnc1F. The number of pyridine rings is 1. The fourth-order valence-electron chi connectivity index (χ4n) is 1.34. The van der Waals surface area contributed by atoms with Crippen LogP contribution in [0.4, 0.5) is 14.5 Å². The van der Waals surface area contributed by atoms with Crippen LogP contribution in [0.2, 0.25) is 0 Å². The van der Waals surface area contributed by atoms with Crippen LogP contribution in [0.25, 0.3) is 0 Å². The first-order valence-electron chi connectivity index (χ1n) is 4.98. The van der Waals surface area contributed by atoms with E-state index in [0.29, 0.717) is 0 Å². The molecule has 0 saturated carbocycles. The molecule has 18 heavy (non-hydrogen) atoms. The maximum atomic E-state index is 13.2. The van der Waals surface area contributed by atoms with Gasteiger partial charge in [-0.05, 0) is 24.3 Å². The smallest absolute Gasteiger partial charge is 0.260 e. The van der Waals surface area contributed by atoms with E-state index in [-0.39, 0.29) is 11.3 Å². The molecule has 0 aliphatic heterocycles. The third-order valence-corrected chi connectivity index (χ3v) is 2.21. The summed E-state index contributed by atoms with van der Waals surface area (Å²) in [5.74, 6) is -3.06. The number of halogens is 2. The lowest BCUT2D eigenvalue weighted by Crippen LogP contribution is -2.14. The number of carbonyl (C=O) groups excluding carboxylic acids is 1. The average Bonchev–Trinajstić information content (AvgIpc) is 2.34. The fraction of sp³-hybridized carbons (Fsp3) is 0. The standard InChI is InChI=1S/C12H8F2N2O2/c13-9-6-7(3-4-10(9)17)16-12(18)8-2-1-5-15-11(8)14/h1-6,17H,(H,16,18). The van der Waals surface area contributed by atoms with Crippen LogP contribution in [0, 0.1) is 11.8 Å². The van der Waals surface area contributed by atoms with Crippen molar-refractivity contribution in [2.45, 2.75) is 0 Å². The summed E-state index contributed by atoms with van der Waals surface area (Å²) in [6, 6.07) is 5.99. The van der Waals surface area contributed by atoms with Gasteiger partial charge in [-0.1, -0.05) is 0 Å². The second-order valence-electron chi connectivity index (χ2n) is 3.46. The van der Waals surface area contributed by atoms with Crippen molar-refractivity contribution in [2.24, 2.45) is 0 Å². The van der Waals surface area contributed by atoms with E-state index in [1.54, 1.807) is 0 Å². The van der Waals surface area contributed by atoms with Gasteiger partial charge in [0.2, 0.25) is 5.95 Å². The predicted molar refractivity (Wildman–Crippen MR) is 60.2 cm³/mol. The number of phenols is 1. The molecule has 0 aliphatic rings. The molecule has 0 spiro atoms. The first kappa shape index (κ1) is 12.0. The van der Waals surface area contributed by atoms with E-state index in [0.717, 1.165) is 12.1 Å². The highest BCUT2D eigenvalue weighted by molar-refractivity contribution is 6.04. The van der Waals surface area contributed by atoms with Gasteiger partial charge in [0.25, 0.3) is 5.91 Å². The largest absolute Gasteiger partial charge is 0.505 e. The van der Waals surface area contributed by atoms with Crippen molar-refractivity contribution in [2.75, 3.05) is 5.32 Å². The summed E-state index contributed by atoms with van der Waals surface area (Å²) >= 11 is 0. The van der Waals surface area contributed by atoms with Crippen LogP contribution in [0.15, 0.2) is 36.5 Å². The van der Waals surface area contributed by atoms with Crippen molar-refractivity contribution >= 4 is 11.6 Å². The van der Waals surface area contributed by atoms with Gasteiger partial charge in [-0.15, -0.1) is 0 Å². The Hall–Kier alpha value is -2.50. The van der Waals surface area contributed by atoms with Gasteiger partial charge in [0, 0.05) is 18.0 Å². The number of rotatable bonds is 2. The molecule has 0 atom stereocenters. The van der Waals surface area contributed by atoms with E-state index in [1.807, 2.05) is 0 Å². The van der Waals surface area contributed by atoms with Crippen LogP contribution in [-0.2, 0) is 0 Å². The molecule has 6 heteroatoms. The number of aromatic nitrogens is 1. The predicted octanol–water partition coefficient (Wildman–Crippen LogP) is 2.32. The lowest BCUT2D eigenvalue weighted by atomic mass is 10.2. The van der Waals surface area contributed by atoms with Crippen LogP contribution < -0.4 is 5.32 Å². The minimum Gasteiger partial charge on any atom is -0.505 e. The van der Waals surface area contributed by atoms with Gasteiger partial charge in [-0.2, -0.15) is 4.39 Å². The van der Waals surface area contributed by atoms with Gasteiger partial charge in [0.05, 0.1) is 5.56 Å². The van der Waals surface area contributed by atoms with Gasteiger partial charge < -0.3 is 10.4 Å². The molecule has 0 radical (unpaired) electrons. The molecule has 0 unspecified atom stereocenters. The first-order chi connectivity index (χ1) is 8.58. The molecular formula is C12H8F2N2O2. The van der Waals surface area contributed by atoms with Crippen molar-refractivity contribution in [3.8, 4) is 5.75 Å². The molecule has 0 aliphatic carbocycles. The minimum absolute atomic E-state index is 0.110. The van der Waals surface area contributed by atoms with Gasteiger partial charge in [-0.25, -0.2) is 9.37 Å². The van der Waals surface area contributed by atoms with Crippen molar-refractivity contribution in [1.29, 1.82) is 0 Å². The Morgan fingerprint density at radius 1 is 1.28 bits per heavy atom. The molecule has 2 N–H and O–H groups in total. The van der Waals surface area contributed by atoms with E-state index in [4.69, 9.17) is 5.11 Å². The topological polar surface area (TPSA) is 62.2 Å². The van der Waals surface area contributed by atoms with Crippen molar-refractivity contribution in [3.63, 3.8) is 0 Å². The van der Waals surface area contributed by atoms with Crippen molar-refractivity contribution in [1.82, 2.24) is 4.98 Å². The third kappa shape index (κ3) is 2.42. The molecule has 0 saturated heterocycles. The van der Waals surface area contributed by atoms with Gasteiger partial charge in [0.1, 0.15) is 0 Å². The molecule has 92 valence electrons. The number of benzene rings is 1. The Bertz CT molecular complexity index is 602. The van der Waals surface area contributed by atoms with Crippen LogP contribution in [-0.4, -0.2) is 16.0 Å². The number of nitrogens with zero attached hydrogens (tertiary/aromatic N) is 1.